The van der Waals surface area contributed by atoms with Crippen LogP contribution in [0.25, 0.3) is 0 Å². The first kappa shape index (κ1) is 24.7. The van der Waals surface area contributed by atoms with Crippen LogP contribution < -0.4 is 0 Å². The Morgan fingerprint density at radius 1 is 0.500 bits per heavy atom. The third-order valence-corrected chi connectivity index (χ3v) is 5.67. The standard InChI is InChI=1S/C10H16.C7H12.C6H10.C5H8/c1-9-6-4-3-5-7-10(2)8-9;1-7-5-3-2-4-6-7;1-6-4-2-3-5-6;1-5-3-2-4-5/h4-7,9-10H,3,8H2,1-2H3;3,5,7H,2,4,6H2,1H3;2,4,6H,3,5H2,1H3;2-3,5H,4H2,1H3/b6-4-,7-5-;;;. The normalized spacial score (nSPS) is 34.7. The molecule has 28 heavy (non-hydrogen) atoms. The molecule has 0 spiro atoms. The fourth-order valence-electron chi connectivity index (χ4n) is 3.62. The van der Waals surface area contributed by atoms with Crippen LogP contribution in [0.4, 0.5) is 0 Å². The molecule has 158 valence electrons. The highest BCUT2D eigenvalue weighted by atomic mass is 14.1. The van der Waals surface area contributed by atoms with Gasteiger partial charge >= 0.3 is 0 Å². The summed E-state index contributed by atoms with van der Waals surface area (Å²) in [5.74, 6) is 4.13. The molecule has 0 saturated carbocycles. The van der Waals surface area contributed by atoms with Gasteiger partial charge < -0.3 is 0 Å². The minimum Gasteiger partial charge on any atom is -0.0883 e. The summed E-state index contributed by atoms with van der Waals surface area (Å²) in [5, 5.41) is 0. The summed E-state index contributed by atoms with van der Waals surface area (Å²) in [5.41, 5.74) is 0. The largest absolute Gasteiger partial charge is 0.0883 e. The highest BCUT2D eigenvalue weighted by Crippen LogP contribution is 2.17. The molecular weight excluding hydrogens is 336 g/mol. The summed E-state index contributed by atoms with van der Waals surface area (Å²) >= 11 is 0. The third-order valence-electron chi connectivity index (χ3n) is 5.67. The molecule has 0 aromatic rings. The van der Waals surface area contributed by atoms with Crippen molar-refractivity contribution < 1.29 is 0 Å². The van der Waals surface area contributed by atoms with Crippen molar-refractivity contribution in [2.75, 3.05) is 0 Å². The fraction of sp³-hybridized carbons (Fsp3) is 0.643. The van der Waals surface area contributed by atoms with Crippen molar-refractivity contribution in [1.29, 1.82) is 0 Å². The molecule has 0 amide bonds. The van der Waals surface area contributed by atoms with Crippen molar-refractivity contribution in [3.8, 4) is 0 Å². The Kier molecular flexibility index (Phi) is 13.8. The van der Waals surface area contributed by atoms with Crippen molar-refractivity contribution in [3.63, 3.8) is 0 Å². The lowest BCUT2D eigenvalue weighted by Crippen LogP contribution is -1.99. The van der Waals surface area contributed by atoms with E-state index in [2.05, 4.69) is 95.4 Å². The summed E-state index contributed by atoms with van der Waals surface area (Å²) in [4.78, 5) is 0. The maximum absolute atomic E-state index is 2.32. The number of hydrogen-bond donors (Lipinski definition) is 0. The molecular formula is C28H46. The van der Waals surface area contributed by atoms with Crippen LogP contribution in [-0.2, 0) is 0 Å². The van der Waals surface area contributed by atoms with Crippen molar-refractivity contribution in [3.05, 3.63) is 60.8 Å². The Labute approximate surface area is 176 Å². The van der Waals surface area contributed by atoms with Crippen LogP contribution in [0.2, 0.25) is 0 Å². The summed E-state index contributed by atoms with van der Waals surface area (Å²) in [6, 6.07) is 0. The molecule has 4 aliphatic rings. The molecule has 0 aromatic heterocycles. The zero-order valence-corrected chi connectivity index (χ0v) is 19.3. The molecule has 0 nitrogen and oxygen atoms in total. The predicted molar refractivity (Wildman–Crippen MR) is 128 cm³/mol. The van der Waals surface area contributed by atoms with Gasteiger partial charge in [0, 0.05) is 0 Å². The van der Waals surface area contributed by atoms with Crippen molar-refractivity contribution in [2.45, 2.75) is 86.0 Å². The van der Waals surface area contributed by atoms with E-state index in [1.807, 2.05) is 0 Å². The Morgan fingerprint density at radius 2 is 1.00 bits per heavy atom. The van der Waals surface area contributed by atoms with Crippen molar-refractivity contribution in [2.24, 2.45) is 29.6 Å². The topological polar surface area (TPSA) is 0 Å². The molecule has 4 rings (SSSR count). The lowest BCUT2D eigenvalue weighted by atomic mass is 9.94. The zero-order valence-electron chi connectivity index (χ0n) is 19.3. The second-order valence-electron chi connectivity index (χ2n) is 9.24. The van der Waals surface area contributed by atoms with E-state index in [1.165, 1.54) is 44.9 Å². The smallest absolute Gasteiger partial charge is 0.0169 e. The quantitative estimate of drug-likeness (QED) is 0.366. The second-order valence-corrected chi connectivity index (χ2v) is 9.24. The average molecular weight is 383 g/mol. The molecule has 0 bridgehead atoms. The number of allylic oxidation sites excluding steroid dienone is 10. The molecule has 0 aromatic carbocycles. The van der Waals surface area contributed by atoms with Gasteiger partial charge in [0.2, 0.25) is 0 Å². The Hall–Kier alpha value is -1.30. The van der Waals surface area contributed by atoms with E-state index in [0.717, 1.165) is 36.0 Å². The third kappa shape index (κ3) is 13.8. The minimum atomic E-state index is 0.764. The summed E-state index contributed by atoms with van der Waals surface area (Å²) in [7, 11) is 0. The monoisotopic (exact) mass is 382 g/mol. The molecule has 0 fully saturated rings. The first-order valence-electron chi connectivity index (χ1n) is 11.8. The van der Waals surface area contributed by atoms with Gasteiger partial charge in [-0.05, 0) is 81.0 Å². The Bertz CT molecular complexity index is 500. The Balaban J connectivity index is 0.000000193. The minimum absolute atomic E-state index is 0.764. The van der Waals surface area contributed by atoms with Crippen molar-refractivity contribution in [1.82, 2.24) is 0 Å². The van der Waals surface area contributed by atoms with Crippen LogP contribution in [0.5, 0.6) is 0 Å². The molecule has 0 heterocycles. The highest BCUT2D eigenvalue weighted by molar-refractivity contribution is 5.00. The first-order chi connectivity index (χ1) is 13.5. The maximum Gasteiger partial charge on any atom is -0.0169 e. The molecule has 5 unspecified atom stereocenters. The van der Waals surface area contributed by atoms with E-state index in [4.69, 9.17) is 0 Å². The maximum atomic E-state index is 2.32. The summed E-state index contributed by atoms with van der Waals surface area (Å²) in [6.45, 7) is 11.3. The highest BCUT2D eigenvalue weighted by Gasteiger charge is 2.03. The average Bonchev–Trinajstić information content (AvgIpc) is 3.11. The van der Waals surface area contributed by atoms with Crippen LogP contribution in [0.15, 0.2) is 60.8 Å². The van der Waals surface area contributed by atoms with Gasteiger partial charge in [-0.2, -0.15) is 0 Å². The fourth-order valence-corrected chi connectivity index (χ4v) is 3.62. The predicted octanol–water partition coefficient (Wildman–Crippen LogP) is 9.08. The van der Waals surface area contributed by atoms with Gasteiger partial charge in [0.05, 0.1) is 0 Å². The van der Waals surface area contributed by atoms with Crippen LogP contribution in [-0.4, -0.2) is 0 Å². The SMILES string of the molecule is CC1/C=C\C/C=C\C(C)C1.CC1C=CC1.CC1C=CCC1.CC1C=CCCC1. The number of rotatable bonds is 0. The van der Waals surface area contributed by atoms with Gasteiger partial charge in [-0.3, -0.25) is 0 Å². The summed E-state index contributed by atoms with van der Waals surface area (Å²) in [6.07, 6.45) is 33.2. The van der Waals surface area contributed by atoms with E-state index < -0.39 is 0 Å². The molecule has 5 atom stereocenters. The molecule has 0 heteroatoms. The van der Waals surface area contributed by atoms with Gasteiger partial charge in [-0.15, -0.1) is 0 Å². The van der Waals surface area contributed by atoms with E-state index in [0.29, 0.717) is 0 Å². The van der Waals surface area contributed by atoms with E-state index in [9.17, 15) is 0 Å². The van der Waals surface area contributed by atoms with Crippen LogP contribution in [0, 0.1) is 29.6 Å². The lowest BCUT2D eigenvalue weighted by molar-refractivity contribution is 0.539. The van der Waals surface area contributed by atoms with Crippen molar-refractivity contribution >= 4 is 0 Å². The van der Waals surface area contributed by atoms with Gasteiger partial charge in [0.1, 0.15) is 0 Å². The van der Waals surface area contributed by atoms with Crippen LogP contribution in [0.3, 0.4) is 0 Å². The second kappa shape index (κ2) is 15.6. The van der Waals surface area contributed by atoms with E-state index >= 15 is 0 Å². The molecule has 0 saturated heterocycles. The Morgan fingerprint density at radius 3 is 1.29 bits per heavy atom. The van der Waals surface area contributed by atoms with Gasteiger partial charge in [0.25, 0.3) is 0 Å². The van der Waals surface area contributed by atoms with Gasteiger partial charge in [0.15, 0.2) is 0 Å². The van der Waals surface area contributed by atoms with E-state index in [1.54, 1.807) is 0 Å². The first-order valence-corrected chi connectivity index (χ1v) is 11.8. The van der Waals surface area contributed by atoms with Gasteiger partial charge in [-0.1, -0.05) is 95.4 Å². The van der Waals surface area contributed by atoms with Crippen LogP contribution in [0.1, 0.15) is 86.0 Å². The van der Waals surface area contributed by atoms with Gasteiger partial charge in [-0.25, -0.2) is 0 Å². The molecule has 0 N–H and O–H groups in total. The molecule has 0 aliphatic heterocycles. The van der Waals surface area contributed by atoms with E-state index in [-0.39, 0.29) is 0 Å². The molecule has 4 aliphatic carbocycles. The zero-order chi connectivity index (χ0) is 20.6. The summed E-state index contributed by atoms with van der Waals surface area (Å²) < 4.78 is 0. The van der Waals surface area contributed by atoms with Crippen LogP contribution >= 0.6 is 0 Å². The number of hydrogen-bond acceptors (Lipinski definition) is 0. The molecule has 0 radical (unpaired) electrons. The lowest BCUT2D eigenvalue weighted by Gasteiger charge is -2.11.